The lowest BCUT2D eigenvalue weighted by Gasteiger charge is -2.11. The van der Waals surface area contributed by atoms with Gasteiger partial charge >= 0.3 is 0 Å². The molecule has 7 heteroatoms. The SMILES string of the molecule is CN(C)Cc1ccc(CNC(=O)CCn2cnc3ccc(Br)cc3c2=O)cc1. The van der Waals surface area contributed by atoms with E-state index >= 15 is 0 Å². The zero-order valence-corrected chi connectivity index (χ0v) is 17.6. The maximum absolute atomic E-state index is 12.5. The first-order valence-electron chi connectivity index (χ1n) is 9.06. The molecule has 28 heavy (non-hydrogen) atoms. The van der Waals surface area contributed by atoms with E-state index in [1.54, 1.807) is 12.1 Å². The summed E-state index contributed by atoms with van der Waals surface area (Å²) in [5, 5.41) is 3.44. The van der Waals surface area contributed by atoms with Crippen LogP contribution in [0.15, 0.2) is 58.1 Å². The van der Waals surface area contributed by atoms with Crippen molar-refractivity contribution < 1.29 is 4.79 Å². The molecule has 3 aromatic rings. The summed E-state index contributed by atoms with van der Waals surface area (Å²) < 4.78 is 2.30. The fourth-order valence-electron chi connectivity index (χ4n) is 2.93. The number of rotatable bonds is 7. The van der Waals surface area contributed by atoms with Crippen LogP contribution in [-0.2, 0) is 24.4 Å². The second-order valence-corrected chi connectivity index (χ2v) is 7.90. The van der Waals surface area contributed by atoms with E-state index in [0.717, 1.165) is 16.6 Å². The molecule has 1 heterocycles. The Morgan fingerprint density at radius 2 is 1.86 bits per heavy atom. The zero-order chi connectivity index (χ0) is 20.1. The first-order chi connectivity index (χ1) is 13.4. The van der Waals surface area contributed by atoms with E-state index in [2.05, 4.69) is 43.3 Å². The van der Waals surface area contributed by atoms with Crippen LogP contribution in [0.2, 0.25) is 0 Å². The molecule has 6 nitrogen and oxygen atoms in total. The summed E-state index contributed by atoms with van der Waals surface area (Å²) in [5.41, 5.74) is 2.78. The molecule has 1 aromatic heterocycles. The van der Waals surface area contributed by atoms with Gasteiger partial charge in [-0.3, -0.25) is 14.2 Å². The number of nitrogens with one attached hydrogen (secondary N) is 1. The molecule has 0 atom stereocenters. The minimum atomic E-state index is -0.143. The number of aryl methyl sites for hydroxylation is 1. The highest BCUT2D eigenvalue weighted by Crippen LogP contribution is 2.14. The topological polar surface area (TPSA) is 67.2 Å². The summed E-state index contributed by atoms with van der Waals surface area (Å²) >= 11 is 3.37. The minimum absolute atomic E-state index is 0.0985. The Morgan fingerprint density at radius 1 is 1.14 bits per heavy atom. The van der Waals surface area contributed by atoms with E-state index in [4.69, 9.17) is 0 Å². The molecule has 0 aliphatic carbocycles. The molecular formula is C21H23BrN4O2. The van der Waals surface area contributed by atoms with Crippen molar-refractivity contribution in [2.45, 2.75) is 26.1 Å². The number of hydrogen-bond donors (Lipinski definition) is 1. The van der Waals surface area contributed by atoms with Crippen molar-refractivity contribution in [2.75, 3.05) is 14.1 Å². The summed E-state index contributed by atoms with van der Waals surface area (Å²) in [5.74, 6) is -0.0985. The smallest absolute Gasteiger partial charge is 0.261 e. The molecule has 0 radical (unpaired) electrons. The van der Waals surface area contributed by atoms with Crippen LogP contribution < -0.4 is 10.9 Å². The number of amides is 1. The molecule has 1 N–H and O–H groups in total. The summed E-state index contributed by atoms with van der Waals surface area (Å²) in [6.07, 6.45) is 1.72. The summed E-state index contributed by atoms with van der Waals surface area (Å²) in [7, 11) is 4.06. The third kappa shape index (κ3) is 5.27. The fourth-order valence-corrected chi connectivity index (χ4v) is 3.29. The van der Waals surface area contributed by atoms with Crippen LogP contribution in [-0.4, -0.2) is 34.5 Å². The molecule has 0 aliphatic rings. The van der Waals surface area contributed by atoms with Gasteiger partial charge in [0, 0.05) is 30.5 Å². The summed E-state index contributed by atoms with van der Waals surface area (Å²) in [6.45, 7) is 1.65. The predicted octanol–water partition coefficient (Wildman–Crippen LogP) is 2.93. The Kier molecular flexibility index (Phi) is 6.59. The normalized spacial score (nSPS) is 11.1. The maximum Gasteiger partial charge on any atom is 0.261 e. The van der Waals surface area contributed by atoms with Gasteiger partial charge in [0.2, 0.25) is 5.91 Å². The van der Waals surface area contributed by atoms with Crippen LogP contribution >= 0.6 is 15.9 Å². The molecule has 146 valence electrons. The van der Waals surface area contributed by atoms with Crippen molar-refractivity contribution >= 4 is 32.7 Å². The number of carbonyl (C=O) groups is 1. The molecule has 3 rings (SSSR count). The number of hydrogen-bond acceptors (Lipinski definition) is 4. The highest BCUT2D eigenvalue weighted by Gasteiger charge is 2.07. The van der Waals surface area contributed by atoms with E-state index in [-0.39, 0.29) is 17.9 Å². The van der Waals surface area contributed by atoms with Gasteiger partial charge in [0.05, 0.1) is 17.2 Å². The molecule has 0 aliphatic heterocycles. The van der Waals surface area contributed by atoms with Crippen LogP contribution in [0.25, 0.3) is 10.9 Å². The van der Waals surface area contributed by atoms with Gasteiger partial charge in [-0.15, -0.1) is 0 Å². The average molecular weight is 443 g/mol. The summed E-state index contributed by atoms with van der Waals surface area (Å²) in [6, 6.07) is 13.6. The monoisotopic (exact) mass is 442 g/mol. The summed E-state index contributed by atoms with van der Waals surface area (Å²) in [4.78, 5) is 31.1. The fraction of sp³-hybridized carbons (Fsp3) is 0.286. The van der Waals surface area contributed by atoms with Crippen LogP contribution in [0, 0.1) is 0 Å². The molecule has 0 saturated heterocycles. The van der Waals surface area contributed by atoms with Crippen LogP contribution in [0.3, 0.4) is 0 Å². The number of carbonyl (C=O) groups excluding carboxylic acids is 1. The van der Waals surface area contributed by atoms with E-state index in [1.807, 2.05) is 32.3 Å². The van der Waals surface area contributed by atoms with Crippen molar-refractivity contribution in [1.82, 2.24) is 19.8 Å². The maximum atomic E-state index is 12.5. The Balaban J connectivity index is 1.55. The van der Waals surface area contributed by atoms with Gasteiger partial charge in [0.1, 0.15) is 0 Å². The molecule has 0 unspecified atom stereocenters. The van der Waals surface area contributed by atoms with Crippen LogP contribution in [0.4, 0.5) is 0 Å². The second-order valence-electron chi connectivity index (χ2n) is 6.99. The van der Waals surface area contributed by atoms with E-state index in [9.17, 15) is 9.59 Å². The third-order valence-corrected chi connectivity index (χ3v) is 4.87. The molecule has 2 aromatic carbocycles. The lowest BCUT2D eigenvalue weighted by atomic mass is 10.1. The highest BCUT2D eigenvalue weighted by molar-refractivity contribution is 9.10. The first-order valence-corrected chi connectivity index (χ1v) is 9.85. The quantitative estimate of drug-likeness (QED) is 0.610. The lowest BCUT2D eigenvalue weighted by Crippen LogP contribution is -2.27. The Labute approximate surface area is 172 Å². The van der Waals surface area contributed by atoms with Crippen molar-refractivity contribution in [3.8, 4) is 0 Å². The van der Waals surface area contributed by atoms with Gasteiger partial charge in [-0.2, -0.15) is 0 Å². The predicted molar refractivity (Wildman–Crippen MR) is 114 cm³/mol. The average Bonchev–Trinajstić information content (AvgIpc) is 2.67. The number of aromatic nitrogens is 2. The molecule has 0 saturated carbocycles. The molecule has 1 amide bonds. The van der Waals surface area contributed by atoms with Gasteiger partial charge in [0.15, 0.2) is 0 Å². The van der Waals surface area contributed by atoms with Gasteiger partial charge in [-0.25, -0.2) is 4.98 Å². The molecule has 0 spiro atoms. The second kappa shape index (κ2) is 9.12. The van der Waals surface area contributed by atoms with Gasteiger partial charge < -0.3 is 10.2 Å². The van der Waals surface area contributed by atoms with E-state index in [0.29, 0.717) is 24.0 Å². The largest absolute Gasteiger partial charge is 0.352 e. The van der Waals surface area contributed by atoms with Crippen molar-refractivity contribution in [1.29, 1.82) is 0 Å². The Hall–Kier alpha value is -2.51. The van der Waals surface area contributed by atoms with Crippen molar-refractivity contribution in [2.24, 2.45) is 0 Å². The van der Waals surface area contributed by atoms with Crippen LogP contribution in [0.5, 0.6) is 0 Å². The third-order valence-electron chi connectivity index (χ3n) is 4.38. The van der Waals surface area contributed by atoms with Gasteiger partial charge in [0.25, 0.3) is 5.56 Å². The Bertz CT molecular complexity index is 1030. The lowest BCUT2D eigenvalue weighted by molar-refractivity contribution is -0.121. The zero-order valence-electron chi connectivity index (χ0n) is 16.0. The van der Waals surface area contributed by atoms with Gasteiger partial charge in [-0.1, -0.05) is 40.2 Å². The number of halogens is 1. The van der Waals surface area contributed by atoms with Crippen molar-refractivity contribution in [3.63, 3.8) is 0 Å². The van der Waals surface area contributed by atoms with E-state index < -0.39 is 0 Å². The molecule has 0 fully saturated rings. The molecular weight excluding hydrogens is 420 g/mol. The standard InChI is InChI=1S/C21H23BrN4O2/c1-25(2)13-16-5-3-15(4-6-16)12-23-20(27)9-10-26-14-24-19-8-7-17(22)11-18(19)21(26)28/h3-8,11,14H,9-10,12-13H2,1-2H3,(H,23,27). The number of nitrogens with zero attached hydrogens (tertiary/aromatic N) is 3. The highest BCUT2D eigenvalue weighted by atomic mass is 79.9. The number of fused-ring (bicyclic) bond motifs is 1. The van der Waals surface area contributed by atoms with Crippen molar-refractivity contribution in [3.05, 3.63) is 74.7 Å². The van der Waals surface area contributed by atoms with E-state index in [1.165, 1.54) is 16.5 Å². The minimum Gasteiger partial charge on any atom is -0.352 e. The number of benzene rings is 2. The molecule has 0 bridgehead atoms. The van der Waals surface area contributed by atoms with Crippen LogP contribution in [0.1, 0.15) is 17.5 Å². The first kappa shape index (κ1) is 20.2. The Morgan fingerprint density at radius 3 is 2.57 bits per heavy atom. The van der Waals surface area contributed by atoms with Gasteiger partial charge in [-0.05, 0) is 43.4 Å².